The van der Waals surface area contributed by atoms with Crippen molar-refractivity contribution in [3.63, 3.8) is 0 Å². The molecular formula is C82H157N9O4. The van der Waals surface area contributed by atoms with Crippen LogP contribution in [0.25, 0.3) is 0 Å². The van der Waals surface area contributed by atoms with Crippen LogP contribution in [0.3, 0.4) is 0 Å². The van der Waals surface area contributed by atoms with E-state index in [0.29, 0.717) is 32.5 Å². The van der Waals surface area contributed by atoms with Gasteiger partial charge in [0.05, 0.1) is 11.9 Å². The second-order valence-electron chi connectivity index (χ2n) is 38.8. The van der Waals surface area contributed by atoms with Gasteiger partial charge in [0.25, 0.3) is 0 Å². The second kappa shape index (κ2) is 41.4. The summed E-state index contributed by atoms with van der Waals surface area (Å²) in [4.78, 5) is 0. The summed E-state index contributed by atoms with van der Waals surface area (Å²) < 4.78 is 22.6. The van der Waals surface area contributed by atoms with Crippen molar-refractivity contribution in [3.05, 3.63) is 71.9 Å². The van der Waals surface area contributed by atoms with E-state index in [1.54, 1.807) is 12.5 Å². The zero-order valence-electron chi connectivity index (χ0n) is 68.2. The number of aromatic nitrogens is 7. The maximum Gasteiger partial charge on any atom is 0.124 e. The Hall–Kier alpha value is -3.36. The Bertz CT molecular complexity index is 2180. The Morgan fingerprint density at radius 2 is 0.863 bits per heavy atom. The normalized spacial score (nSPS) is 20.4. The molecule has 13 heteroatoms. The van der Waals surface area contributed by atoms with Crippen LogP contribution in [0.1, 0.15) is 314 Å². The number of hydrogen-bond donors (Lipinski definition) is 4. The van der Waals surface area contributed by atoms with Crippen molar-refractivity contribution >= 4 is 0 Å². The molecule has 6 aliphatic rings. The van der Waals surface area contributed by atoms with E-state index >= 15 is 0 Å². The molecule has 6 fully saturated rings. The van der Waals surface area contributed by atoms with Crippen molar-refractivity contribution in [2.75, 3.05) is 65.8 Å². The minimum atomic E-state index is 0.118. The van der Waals surface area contributed by atoms with Gasteiger partial charge in [0.15, 0.2) is 0 Å². The molecule has 0 bridgehead atoms. The molecule has 9 heterocycles. The molecule has 3 unspecified atom stereocenters. The quantitative estimate of drug-likeness (QED) is 0.134. The van der Waals surface area contributed by atoms with Gasteiger partial charge in [0.1, 0.15) is 6.26 Å². The molecule has 1 saturated carbocycles. The van der Waals surface area contributed by atoms with E-state index in [9.17, 15) is 0 Å². The fourth-order valence-electron chi connectivity index (χ4n) is 12.3. The molecule has 1 aliphatic carbocycles. The number of H-pyrrole nitrogens is 2. The van der Waals surface area contributed by atoms with Crippen molar-refractivity contribution < 1.29 is 18.7 Å². The predicted molar refractivity (Wildman–Crippen MR) is 408 cm³/mol. The number of piperidine rings is 1. The van der Waals surface area contributed by atoms with E-state index < -0.39 is 0 Å². The van der Waals surface area contributed by atoms with E-state index in [2.05, 4.69) is 255 Å². The van der Waals surface area contributed by atoms with Gasteiger partial charge in [0.2, 0.25) is 0 Å². The molecule has 0 amide bonds. The Labute approximate surface area is 587 Å². The van der Waals surface area contributed by atoms with Crippen molar-refractivity contribution in [2.24, 2.45) is 75.0 Å². The molecule has 0 aromatic carbocycles. The van der Waals surface area contributed by atoms with Gasteiger partial charge in [-0.25, -0.2) is 0 Å². The molecule has 554 valence electrons. The van der Waals surface area contributed by atoms with E-state index in [-0.39, 0.29) is 21.7 Å². The molecule has 3 atom stereocenters. The van der Waals surface area contributed by atoms with Gasteiger partial charge in [-0.3, -0.25) is 14.9 Å². The number of nitrogens with zero attached hydrogens (tertiary/aromatic N) is 5. The van der Waals surface area contributed by atoms with Crippen molar-refractivity contribution in [2.45, 2.75) is 313 Å². The van der Waals surface area contributed by atoms with Gasteiger partial charge in [0, 0.05) is 99.0 Å². The lowest BCUT2D eigenvalue weighted by Crippen LogP contribution is -2.34. The van der Waals surface area contributed by atoms with E-state index in [1.807, 2.05) is 42.5 Å². The Balaban J connectivity index is 0.000000528. The van der Waals surface area contributed by atoms with Gasteiger partial charge in [-0.1, -0.05) is 232 Å². The zero-order chi connectivity index (χ0) is 72.8. The van der Waals surface area contributed by atoms with Gasteiger partial charge in [-0.2, -0.15) is 15.3 Å². The zero-order valence-corrected chi connectivity index (χ0v) is 68.2. The monoisotopic (exact) mass is 1330 g/mol. The average molecular weight is 1330 g/mol. The first kappa shape index (κ1) is 89.7. The molecule has 4 N–H and O–H groups in total. The number of rotatable bonds is 0. The lowest BCUT2D eigenvalue weighted by Gasteiger charge is -2.34. The maximum absolute atomic E-state index is 5.41. The molecule has 95 heavy (non-hydrogen) atoms. The number of nitrogens with one attached hydrogen (secondary N) is 4. The first-order valence-corrected chi connectivity index (χ1v) is 37.5. The third-order valence-corrected chi connectivity index (χ3v) is 20.1. The van der Waals surface area contributed by atoms with Crippen molar-refractivity contribution in [1.82, 2.24) is 46.0 Å². The summed E-state index contributed by atoms with van der Waals surface area (Å²) in [6.07, 6.45) is 26.8. The minimum Gasteiger partial charge on any atom is -0.381 e. The van der Waals surface area contributed by atoms with Crippen molar-refractivity contribution in [1.29, 1.82) is 0 Å². The molecule has 0 radical (unpaired) electrons. The largest absolute Gasteiger partial charge is 0.381 e. The summed E-state index contributed by atoms with van der Waals surface area (Å²) in [7, 11) is 1.97. The molecular weight excluding hydrogens is 1170 g/mol. The number of aryl methyl sites for hydroxylation is 1. The summed E-state index contributed by atoms with van der Waals surface area (Å²) >= 11 is 0. The predicted octanol–water partition coefficient (Wildman–Crippen LogP) is 21.4. The highest BCUT2D eigenvalue weighted by Gasteiger charge is 2.31. The number of ether oxygens (including phenoxy) is 3. The molecule has 5 aliphatic heterocycles. The van der Waals surface area contributed by atoms with Gasteiger partial charge in [-0.15, -0.1) is 0 Å². The third-order valence-electron chi connectivity index (χ3n) is 20.1. The van der Waals surface area contributed by atoms with E-state index in [0.717, 1.165) is 80.8 Å². The lowest BCUT2D eigenvalue weighted by molar-refractivity contribution is 0.0103. The highest BCUT2D eigenvalue weighted by atomic mass is 16.5. The van der Waals surface area contributed by atoms with Crippen LogP contribution in [0.4, 0.5) is 0 Å². The molecule has 0 spiro atoms. The SMILES string of the molecule is CC(C)(C)C1CCCCC1.CC(C)(C)C1CCCOC1.CC(C)(C)C1CCNC1.CC(C)(C)C1CCNCC1.CC(C)(C)C1CCOC1.CC(C)(C)C1CCOCC1.CC(C)(C)c1ccn[nH]1.CC(C)(C)c1ccon1.CC(C)(C)c1cn[nH]c1.Cn1nccc1C(C)(C)C. The highest BCUT2D eigenvalue weighted by Crippen LogP contribution is 2.39. The Morgan fingerprint density at radius 3 is 1.11 bits per heavy atom. The summed E-state index contributed by atoms with van der Waals surface area (Å²) in [5.41, 5.74) is 8.48. The molecule has 10 rings (SSSR count). The van der Waals surface area contributed by atoms with Crippen molar-refractivity contribution in [3.8, 4) is 0 Å². The Morgan fingerprint density at radius 1 is 0.411 bits per heavy atom. The summed E-state index contributed by atoms with van der Waals surface area (Å²) in [5, 5.41) is 28.1. The number of hydrogen-bond acceptors (Lipinski definition) is 10. The van der Waals surface area contributed by atoms with Crippen LogP contribution in [-0.4, -0.2) is 101 Å². The van der Waals surface area contributed by atoms with Crippen LogP contribution in [0.2, 0.25) is 0 Å². The van der Waals surface area contributed by atoms with Crippen LogP contribution in [0.15, 0.2) is 53.8 Å². The van der Waals surface area contributed by atoms with Gasteiger partial charge < -0.3 is 29.4 Å². The van der Waals surface area contributed by atoms with Gasteiger partial charge in [-0.05, 0) is 181 Å². The lowest BCUT2D eigenvalue weighted by atomic mass is 9.72. The minimum absolute atomic E-state index is 0.118. The second-order valence-corrected chi connectivity index (χ2v) is 38.8. The summed E-state index contributed by atoms with van der Waals surface area (Å²) in [6.45, 7) is 78.4. The van der Waals surface area contributed by atoms with Crippen LogP contribution >= 0.6 is 0 Å². The first-order chi connectivity index (χ1) is 43.5. The fraction of sp³-hybridized carbons (Fsp3) is 0.854. The smallest absolute Gasteiger partial charge is 0.124 e. The highest BCUT2D eigenvalue weighted by molar-refractivity contribution is 5.14. The number of aromatic amines is 2. The van der Waals surface area contributed by atoms with Gasteiger partial charge >= 0.3 is 0 Å². The molecule has 13 nitrogen and oxygen atoms in total. The maximum atomic E-state index is 5.41. The summed E-state index contributed by atoms with van der Waals surface area (Å²) in [5.74, 6) is 5.28. The molecule has 4 aromatic rings. The van der Waals surface area contributed by atoms with Crippen LogP contribution in [0, 0.1) is 68.0 Å². The standard InChI is InChI=1S/C10H20.C9H19N.2C9H18O.C8H14N2.C8H17N.C8H16O.2C7H12N2.C7H11NO/c1-10(2,3)9-7-5-4-6-8-9;2*1-9(2,3)8-4-6-10-7-5-8;1-9(2,3)8-5-4-6-10-7-8;1-8(2,3)7-5-6-9-10(7)4;2*1-8(2,3)7-4-5-9-6-7;1-7(2,3)6-4-8-9-5-6;1-7(2,3)6-4-5-8-9-6;1-7(2,3)6-4-5-9-8-6/h9H,4-8H2,1-3H3;8,10H,4-7H2,1-3H3;2*8H,4-7H2,1-3H3;5-6H,1-4H3;7,9H,4-6H2,1-3H3;7H,4-6H2,1-3H3;2*4-5H,1-3H3,(H,8,9);4-5H,1-3H3. The first-order valence-electron chi connectivity index (χ1n) is 37.5. The third kappa shape index (κ3) is 39.9. The van der Waals surface area contributed by atoms with Crippen LogP contribution in [0.5, 0.6) is 0 Å². The van der Waals surface area contributed by atoms with E-state index in [4.69, 9.17) is 18.7 Å². The fourth-order valence-corrected chi connectivity index (χ4v) is 12.3. The molecule has 5 saturated heterocycles. The Kier molecular flexibility index (Phi) is 39.1. The average Bonchev–Trinajstić information content (AvgIpc) is 1.90. The molecule has 4 aromatic heterocycles. The van der Waals surface area contributed by atoms with Crippen LogP contribution in [-0.2, 0) is 42.9 Å². The topological polar surface area (TPSA) is 153 Å². The van der Waals surface area contributed by atoms with E-state index in [1.165, 1.54) is 127 Å². The van der Waals surface area contributed by atoms with Crippen LogP contribution < -0.4 is 10.6 Å². The summed E-state index contributed by atoms with van der Waals surface area (Å²) in [6, 6.07) is 5.94.